The average molecular weight is 251 g/mol. The average Bonchev–Trinajstić information content (AvgIpc) is 2.29. The third kappa shape index (κ3) is 4.03. The normalized spacial score (nSPS) is 9.76. The second-order valence-electron chi connectivity index (χ2n) is 3.77. The largest absolute Gasteiger partial charge is 0.389 e. The van der Waals surface area contributed by atoms with E-state index in [1.165, 1.54) is 0 Å². The van der Waals surface area contributed by atoms with Gasteiger partial charge in [-0.1, -0.05) is 31.3 Å². The van der Waals surface area contributed by atoms with Crippen molar-refractivity contribution in [3.8, 4) is 0 Å². The van der Waals surface area contributed by atoms with Crippen LogP contribution in [0.4, 0.5) is 10.5 Å². The van der Waals surface area contributed by atoms with Crippen LogP contribution in [-0.4, -0.2) is 17.6 Å². The van der Waals surface area contributed by atoms with Gasteiger partial charge in [-0.15, -0.1) is 0 Å². The van der Waals surface area contributed by atoms with Gasteiger partial charge in [0, 0.05) is 17.8 Å². The van der Waals surface area contributed by atoms with Crippen LogP contribution in [0.5, 0.6) is 0 Å². The van der Waals surface area contributed by atoms with Crippen LogP contribution in [0.2, 0.25) is 0 Å². The van der Waals surface area contributed by atoms with Crippen LogP contribution >= 0.6 is 12.2 Å². The van der Waals surface area contributed by atoms with Crippen LogP contribution in [0.1, 0.15) is 24.5 Å². The van der Waals surface area contributed by atoms with Gasteiger partial charge in [0.15, 0.2) is 0 Å². The highest BCUT2D eigenvalue weighted by Crippen LogP contribution is 2.16. The summed E-state index contributed by atoms with van der Waals surface area (Å²) < 4.78 is 0. The van der Waals surface area contributed by atoms with Crippen molar-refractivity contribution in [1.29, 1.82) is 0 Å². The first kappa shape index (κ1) is 13.4. The molecule has 5 heteroatoms. The number of aryl methyl sites for hydroxylation is 1. The number of rotatable bonds is 4. The number of carbonyl (C=O) groups excluding carboxylic acids is 1. The van der Waals surface area contributed by atoms with Gasteiger partial charge in [0.2, 0.25) is 0 Å². The summed E-state index contributed by atoms with van der Waals surface area (Å²) in [6, 6.07) is 5.29. The number of benzene rings is 1. The van der Waals surface area contributed by atoms with E-state index in [1.807, 2.05) is 26.0 Å². The summed E-state index contributed by atoms with van der Waals surface area (Å²) in [6.45, 7) is 4.57. The predicted molar refractivity (Wildman–Crippen MR) is 74.4 cm³/mol. The molecule has 0 heterocycles. The summed E-state index contributed by atoms with van der Waals surface area (Å²) in [7, 11) is 0. The molecular weight excluding hydrogens is 234 g/mol. The Hall–Kier alpha value is -1.62. The van der Waals surface area contributed by atoms with Crippen molar-refractivity contribution in [2.75, 3.05) is 11.9 Å². The molecule has 2 amide bonds. The lowest BCUT2D eigenvalue weighted by Gasteiger charge is -2.10. The number of hydrogen-bond acceptors (Lipinski definition) is 2. The highest BCUT2D eigenvalue weighted by Gasteiger charge is 2.05. The predicted octanol–water partition coefficient (Wildman–Crippen LogP) is 2.16. The molecule has 17 heavy (non-hydrogen) atoms. The van der Waals surface area contributed by atoms with E-state index in [-0.39, 0.29) is 6.03 Å². The molecule has 4 nitrogen and oxygen atoms in total. The molecule has 0 radical (unpaired) electrons. The summed E-state index contributed by atoms with van der Waals surface area (Å²) >= 11 is 4.90. The van der Waals surface area contributed by atoms with Gasteiger partial charge >= 0.3 is 6.03 Å². The lowest BCUT2D eigenvalue weighted by atomic mass is 10.1. The van der Waals surface area contributed by atoms with Gasteiger partial charge in [0.25, 0.3) is 0 Å². The van der Waals surface area contributed by atoms with Crippen molar-refractivity contribution in [2.24, 2.45) is 5.73 Å². The van der Waals surface area contributed by atoms with Crippen molar-refractivity contribution < 1.29 is 4.79 Å². The number of urea groups is 1. The maximum atomic E-state index is 11.5. The molecule has 0 saturated carbocycles. The molecule has 0 spiro atoms. The van der Waals surface area contributed by atoms with Gasteiger partial charge in [-0.05, 0) is 25.0 Å². The molecular formula is C12H17N3OS. The minimum atomic E-state index is -0.213. The molecule has 0 unspecified atom stereocenters. The molecule has 0 saturated heterocycles. The zero-order valence-corrected chi connectivity index (χ0v) is 10.9. The molecule has 0 aliphatic rings. The molecule has 0 bridgehead atoms. The zero-order valence-electron chi connectivity index (χ0n) is 10.0. The number of nitrogens with one attached hydrogen (secondary N) is 2. The highest BCUT2D eigenvalue weighted by atomic mass is 32.1. The third-order valence-electron chi connectivity index (χ3n) is 2.31. The van der Waals surface area contributed by atoms with Crippen molar-refractivity contribution in [1.82, 2.24) is 5.32 Å². The number of nitrogens with two attached hydrogens (primary N) is 1. The van der Waals surface area contributed by atoms with E-state index >= 15 is 0 Å². The number of hydrogen-bond donors (Lipinski definition) is 3. The van der Waals surface area contributed by atoms with Crippen LogP contribution in [0, 0.1) is 6.92 Å². The molecule has 92 valence electrons. The molecule has 1 rings (SSSR count). The number of carbonyl (C=O) groups is 1. The summed E-state index contributed by atoms with van der Waals surface area (Å²) in [5.74, 6) is 0. The minimum Gasteiger partial charge on any atom is -0.389 e. The van der Waals surface area contributed by atoms with Crippen molar-refractivity contribution >= 4 is 28.9 Å². The summed E-state index contributed by atoms with van der Waals surface area (Å²) in [5, 5.41) is 5.52. The standard InChI is InChI=1S/C12H17N3OS/c1-3-6-14-12(16)15-10-7-9(11(13)17)5-4-8(10)2/h4-5,7H,3,6H2,1-2H3,(H2,13,17)(H2,14,15,16). The molecule has 0 fully saturated rings. The molecule has 0 atom stereocenters. The van der Waals surface area contributed by atoms with E-state index < -0.39 is 0 Å². The van der Waals surface area contributed by atoms with Crippen LogP contribution in [0.25, 0.3) is 0 Å². The maximum Gasteiger partial charge on any atom is 0.319 e. The van der Waals surface area contributed by atoms with Crippen molar-refractivity contribution in [2.45, 2.75) is 20.3 Å². The molecule has 0 aliphatic carbocycles. The Bertz CT molecular complexity index is 432. The number of amides is 2. The fourth-order valence-electron chi connectivity index (χ4n) is 1.31. The molecule has 1 aromatic carbocycles. The van der Waals surface area contributed by atoms with Gasteiger partial charge in [-0.3, -0.25) is 0 Å². The van der Waals surface area contributed by atoms with Gasteiger partial charge in [0.05, 0.1) is 0 Å². The van der Waals surface area contributed by atoms with E-state index in [1.54, 1.807) is 6.07 Å². The number of thiocarbonyl (C=S) groups is 1. The van der Waals surface area contributed by atoms with Crippen molar-refractivity contribution in [3.63, 3.8) is 0 Å². The van der Waals surface area contributed by atoms with Crippen LogP contribution in [0.3, 0.4) is 0 Å². The fourth-order valence-corrected chi connectivity index (χ4v) is 1.44. The number of anilines is 1. The monoisotopic (exact) mass is 251 g/mol. The Morgan fingerprint density at radius 2 is 2.18 bits per heavy atom. The fraction of sp³-hybridized carbons (Fsp3) is 0.333. The molecule has 0 aliphatic heterocycles. The van der Waals surface area contributed by atoms with Crippen LogP contribution < -0.4 is 16.4 Å². The van der Waals surface area contributed by atoms with Gasteiger partial charge in [0.1, 0.15) is 4.99 Å². The van der Waals surface area contributed by atoms with E-state index in [4.69, 9.17) is 18.0 Å². The molecule has 0 aromatic heterocycles. The molecule has 4 N–H and O–H groups in total. The third-order valence-corrected chi connectivity index (χ3v) is 2.54. The van der Waals surface area contributed by atoms with E-state index in [9.17, 15) is 4.79 Å². The second kappa shape index (κ2) is 6.20. The maximum absolute atomic E-state index is 11.5. The topological polar surface area (TPSA) is 67.2 Å². The first-order valence-corrected chi connectivity index (χ1v) is 5.90. The Balaban J connectivity index is 2.79. The van der Waals surface area contributed by atoms with Crippen molar-refractivity contribution in [3.05, 3.63) is 29.3 Å². The van der Waals surface area contributed by atoms with Gasteiger partial charge in [-0.2, -0.15) is 0 Å². The SMILES string of the molecule is CCCNC(=O)Nc1cc(C(N)=S)ccc1C. The highest BCUT2D eigenvalue weighted by molar-refractivity contribution is 7.80. The van der Waals surface area contributed by atoms with E-state index in [0.717, 1.165) is 23.2 Å². The zero-order chi connectivity index (χ0) is 12.8. The minimum absolute atomic E-state index is 0.213. The van der Waals surface area contributed by atoms with Crippen LogP contribution in [0.15, 0.2) is 18.2 Å². The smallest absolute Gasteiger partial charge is 0.319 e. The first-order chi connectivity index (χ1) is 8.04. The second-order valence-corrected chi connectivity index (χ2v) is 4.21. The summed E-state index contributed by atoms with van der Waals surface area (Å²) in [5.41, 5.74) is 7.99. The van der Waals surface area contributed by atoms with Crippen LogP contribution in [-0.2, 0) is 0 Å². The quantitative estimate of drug-likeness (QED) is 0.718. The molecule has 1 aromatic rings. The lowest BCUT2D eigenvalue weighted by Crippen LogP contribution is -2.29. The summed E-state index contributed by atoms with van der Waals surface area (Å²) in [4.78, 5) is 11.8. The summed E-state index contributed by atoms with van der Waals surface area (Å²) in [6.07, 6.45) is 0.902. The van der Waals surface area contributed by atoms with E-state index in [2.05, 4.69) is 10.6 Å². The van der Waals surface area contributed by atoms with Gasteiger partial charge in [-0.25, -0.2) is 4.79 Å². The Kier molecular flexibility index (Phi) is 4.90. The van der Waals surface area contributed by atoms with E-state index in [0.29, 0.717) is 11.5 Å². The Labute approximate surface area is 107 Å². The first-order valence-electron chi connectivity index (χ1n) is 5.50. The lowest BCUT2D eigenvalue weighted by molar-refractivity contribution is 0.252. The Morgan fingerprint density at radius 1 is 1.47 bits per heavy atom. The Morgan fingerprint density at radius 3 is 2.76 bits per heavy atom. The van der Waals surface area contributed by atoms with Gasteiger partial charge < -0.3 is 16.4 Å².